The third-order valence-electron chi connectivity index (χ3n) is 5.81. The summed E-state index contributed by atoms with van der Waals surface area (Å²) in [6.45, 7) is 2.23. The number of hydrogen-bond acceptors (Lipinski definition) is 6. The maximum Gasteiger partial charge on any atom is 0.273 e. The van der Waals surface area contributed by atoms with Gasteiger partial charge in [0.25, 0.3) is 11.8 Å². The zero-order valence-corrected chi connectivity index (χ0v) is 17.2. The van der Waals surface area contributed by atoms with Crippen LogP contribution in [0.25, 0.3) is 0 Å². The van der Waals surface area contributed by atoms with Gasteiger partial charge in [0.05, 0.1) is 24.4 Å². The van der Waals surface area contributed by atoms with E-state index in [2.05, 4.69) is 10.3 Å². The van der Waals surface area contributed by atoms with Gasteiger partial charge in [-0.25, -0.2) is 0 Å². The van der Waals surface area contributed by atoms with E-state index in [1.807, 2.05) is 6.92 Å². The lowest BCUT2D eigenvalue weighted by Gasteiger charge is -2.28. The summed E-state index contributed by atoms with van der Waals surface area (Å²) in [4.78, 5) is 58.5. The van der Waals surface area contributed by atoms with E-state index in [4.69, 9.17) is 4.42 Å². The number of amides is 3. The molecule has 2 aromatic rings. The number of fused-ring (bicyclic) bond motifs is 1. The number of hydrogen-bond donors (Lipinski definition) is 1. The largest absolute Gasteiger partial charge is 0.472 e. The number of furan rings is 1. The lowest BCUT2D eigenvalue weighted by Crippen LogP contribution is -2.52. The summed E-state index contributed by atoms with van der Waals surface area (Å²) in [6.07, 6.45) is 5.88. The fourth-order valence-electron chi connectivity index (χ4n) is 4.36. The van der Waals surface area contributed by atoms with E-state index in [0.717, 1.165) is 0 Å². The van der Waals surface area contributed by atoms with Crippen molar-refractivity contribution < 1.29 is 23.6 Å². The van der Waals surface area contributed by atoms with Crippen molar-refractivity contribution in [2.24, 2.45) is 0 Å². The molecule has 2 fully saturated rings. The van der Waals surface area contributed by atoms with Gasteiger partial charge in [-0.05, 0) is 31.0 Å². The molecule has 0 saturated carbocycles. The van der Waals surface area contributed by atoms with E-state index in [1.54, 1.807) is 18.2 Å². The summed E-state index contributed by atoms with van der Waals surface area (Å²) in [5.41, 5.74) is 0.606. The molecule has 0 aliphatic carbocycles. The van der Waals surface area contributed by atoms with Crippen LogP contribution in [0.2, 0.25) is 0 Å². The number of ketones is 1. The summed E-state index contributed by atoms with van der Waals surface area (Å²) in [5, 5.41) is 2.76. The Balaban J connectivity index is 1.49. The van der Waals surface area contributed by atoms with Crippen LogP contribution in [0, 0.1) is 0 Å². The Morgan fingerprint density at radius 1 is 1.26 bits per heavy atom. The Labute approximate surface area is 179 Å². The molecular formula is C22H24N4O5. The molecule has 1 N–H and O–H groups in total. The van der Waals surface area contributed by atoms with Gasteiger partial charge in [-0.3, -0.25) is 24.2 Å². The highest BCUT2D eigenvalue weighted by molar-refractivity contribution is 6.02. The normalized spacial score (nSPS) is 21.1. The molecule has 2 saturated heterocycles. The lowest BCUT2D eigenvalue weighted by atomic mass is 10.1. The molecular weight excluding hydrogens is 400 g/mol. The van der Waals surface area contributed by atoms with Crippen LogP contribution in [0.1, 0.15) is 47.0 Å². The predicted octanol–water partition coefficient (Wildman–Crippen LogP) is 1.27. The van der Waals surface area contributed by atoms with Crippen molar-refractivity contribution in [2.45, 2.75) is 44.3 Å². The quantitative estimate of drug-likeness (QED) is 0.747. The van der Waals surface area contributed by atoms with E-state index in [1.165, 1.54) is 34.6 Å². The van der Waals surface area contributed by atoms with Crippen LogP contribution in [0.3, 0.4) is 0 Å². The predicted molar refractivity (Wildman–Crippen MR) is 109 cm³/mol. The van der Waals surface area contributed by atoms with Gasteiger partial charge in [-0.1, -0.05) is 19.4 Å². The van der Waals surface area contributed by atoms with Crippen LogP contribution in [-0.2, 0) is 9.59 Å². The van der Waals surface area contributed by atoms with E-state index >= 15 is 0 Å². The van der Waals surface area contributed by atoms with E-state index in [9.17, 15) is 19.2 Å². The van der Waals surface area contributed by atoms with Gasteiger partial charge in [0, 0.05) is 12.7 Å². The fraction of sp³-hybridized carbons (Fsp3) is 0.409. The lowest BCUT2D eigenvalue weighted by molar-refractivity contribution is -0.138. The Bertz CT molecular complexity index is 975. The van der Waals surface area contributed by atoms with Gasteiger partial charge >= 0.3 is 0 Å². The summed E-state index contributed by atoms with van der Waals surface area (Å²) in [6, 6.07) is 4.76. The first kappa shape index (κ1) is 20.8. The number of nitrogens with zero attached hydrogens (tertiary/aromatic N) is 3. The van der Waals surface area contributed by atoms with Crippen LogP contribution in [0.4, 0.5) is 0 Å². The molecule has 2 aliphatic rings. The first-order valence-electron chi connectivity index (χ1n) is 10.4. The molecule has 0 aromatic carbocycles. The second-order valence-electron chi connectivity index (χ2n) is 7.77. The molecule has 2 aromatic heterocycles. The molecule has 0 spiro atoms. The van der Waals surface area contributed by atoms with Crippen molar-refractivity contribution in [3.8, 4) is 0 Å². The first-order chi connectivity index (χ1) is 15.0. The molecule has 31 heavy (non-hydrogen) atoms. The second kappa shape index (κ2) is 8.71. The topological polar surface area (TPSA) is 113 Å². The number of carbonyl (C=O) groups is 4. The monoisotopic (exact) mass is 424 g/mol. The number of carbonyl (C=O) groups excluding carboxylic acids is 4. The highest BCUT2D eigenvalue weighted by Gasteiger charge is 2.52. The standard InChI is InChI=1S/C22H24N4O5/c1-2-5-16(24-20(28)14-8-11-31-13-14)22(30)25-10-7-17-19(25)18(27)12-26(17)21(29)15-6-3-4-9-23-15/h3-4,6,8-9,11,13,16-17,19H,2,5,7,10,12H2,1H3,(H,24,28). The van der Waals surface area contributed by atoms with Crippen LogP contribution < -0.4 is 5.32 Å². The summed E-state index contributed by atoms with van der Waals surface area (Å²) >= 11 is 0. The van der Waals surface area contributed by atoms with Crippen LogP contribution in [-0.4, -0.2) is 69.5 Å². The zero-order chi connectivity index (χ0) is 22.0. The molecule has 9 heteroatoms. The Morgan fingerprint density at radius 3 is 2.77 bits per heavy atom. The van der Waals surface area contributed by atoms with Crippen molar-refractivity contribution in [3.05, 3.63) is 54.2 Å². The molecule has 2 aliphatic heterocycles. The van der Waals surface area contributed by atoms with Gasteiger partial charge < -0.3 is 19.5 Å². The maximum atomic E-state index is 13.3. The van der Waals surface area contributed by atoms with Gasteiger partial charge in [0.2, 0.25) is 5.91 Å². The van der Waals surface area contributed by atoms with Crippen molar-refractivity contribution in [3.63, 3.8) is 0 Å². The molecule has 0 bridgehead atoms. The molecule has 9 nitrogen and oxygen atoms in total. The van der Waals surface area contributed by atoms with E-state index in [0.29, 0.717) is 31.4 Å². The van der Waals surface area contributed by atoms with Gasteiger partial charge in [-0.2, -0.15) is 0 Å². The number of aromatic nitrogens is 1. The highest BCUT2D eigenvalue weighted by Crippen LogP contribution is 2.31. The summed E-state index contributed by atoms with van der Waals surface area (Å²) in [7, 11) is 0. The minimum absolute atomic E-state index is 0.0473. The second-order valence-corrected chi connectivity index (χ2v) is 7.77. The minimum atomic E-state index is -0.750. The fourth-order valence-corrected chi connectivity index (χ4v) is 4.36. The number of likely N-dealkylation sites (tertiary alicyclic amines) is 2. The van der Waals surface area contributed by atoms with Gasteiger partial charge in [0.1, 0.15) is 24.0 Å². The highest BCUT2D eigenvalue weighted by atomic mass is 16.3. The van der Waals surface area contributed by atoms with Crippen molar-refractivity contribution >= 4 is 23.5 Å². The first-order valence-corrected chi connectivity index (χ1v) is 10.4. The van der Waals surface area contributed by atoms with Crippen LogP contribution in [0.5, 0.6) is 0 Å². The Morgan fingerprint density at radius 2 is 2.10 bits per heavy atom. The molecule has 3 amide bonds. The van der Waals surface area contributed by atoms with E-state index in [-0.39, 0.29) is 35.9 Å². The van der Waals surface area contributed by atoms with Crippen molar-refractivity contribution in [1.82, 2.24) is 20.1 Å². The van der Waals surface area contributed by atoms with Crippen molar-refractivity contribution in [2.75, 3.05) is 13.1 Å². The van der Waals surface area contributed by atoms with Crippen LogP contribution in [0.15, 0.2) is 47.4 Å². The maximum absolute atomic E-state index is 13.3. The minimum Gasteiger partial charge on any atom is -0.472 e. The molecule has 162 valence electrons. The smallest absolute Gasteiger partial charge is 0.273 e. The number of Topliss-reactive ketones (excluding diaryl/α,β-unsaturated/α-hetero) is 1. The molecule has 4 heterocycles. The SMILES string of the molecule is CCCC(NC(=O)c1ccoc1)C(=O)N1CCC2C1C(=O)CN2C(=O)c1ccccn1. The number of nitrogens with one attached hydrogen (secondary N) is 1. The third kappa shape index (κ3) is 3.95. The number of rotatable bonds is 6. The Kier molecular flexibility index (Phi) is 5.83. The number of pyridine rings is 1. The van der Waals surface area contributed by atoms with Gasteiger partial charge in [0.15, 0.2) is 5.78 Å². The molecule has 4 rings (SSSR count). The molecule has 3 unspecified atom stereocenters. The van der Waals surface area contributed by atoms with Crippen molar-refractivity contribution in [1.29, 1.82) is 0 Å². The van der Waals surface area contributed by atoms with Crippen LogP contribution >= 0.6 is 0 Å². The van der Waals surface area contributed by atoms with Gasteiger partial charge in [-0.15, -0.1) is 0 Å². The van der Waals surface area contributed by atoms with E-state index < -0.39 is 18.0 Å². The summed E-state index contributed by atoms with van der Waals surface area (Å²) < 4.78 is 4.94. The average molecular weight is 424 g/mol. The molecule has 0 radical (unpaired) electrons. The average Bonchev–Trinajstić information content (AvgIpc) is 3.52. The Hall–Kier alpha value is -3.49. The summed E-state index contributed by atoms with van der Waals surface area (Å²) in [5.74, 6) is -1.18. The zero-order valence-electron chi connectivity index (χ0n) is 17.2. The molecule has 3 atom stereocenters. The third-order valence-corrected chi connectivity index (χ3v) is 5.81.